The summed E-state index contributed by atoms with van der Waals surface area (Å²) in [6.07, 6.45) is 0. The topological polar surface area (TPSA) is 73.1 Å². The number of phenolic OH excluding ortho intramolecular Hbond substituents is 1. The second kappa shape index (κ2) is 5.41. The van der Waals surface area contributed by atoms with Gasteiger partial charge in [-0.3, -0.25) is 4.79 Å². The Morgan fingerprint density at radius 3 is 2.75 bits per heavy atom. The standard InChI is InChI=1S/C15H11FN2O2/c1-9-5-6-10(7-14(9)19)15(20)18-13-4-2-3-12(16)11(13)8-17/h2-7,19H,1H3,(H,18,20). The normalized spacial score (nSPS) is 9.85. The molecule has 2 aromatic rings. The molecule has 0 aliphatic heterocycles. The molecule has 5 heteroatoms. The summed E-state index contributed by atoms with van der Waals surface area (Å²) in [6, 6.07) is 10.1. The van der Waals surface area contributed by atoms with Crippen LogP contribution >= 0.6 is 0 Å². The minimum atomic E-state index is -0.697. The average molecular weight is 270 g/mol. The number of aromatic hydroxyl groups is 1. The summed E-state index contributed by atoms with van der Waals surface area (Å²) in [5.74, 6) is -1.23. The van der Waals surface area contributed by atoms with E-state index in [0.717, 1.165) is 6.07 Å². The summed E-state index contributed by atoms with van der Waals surface area (Å²) in [7, 11) is 0. The molecule has 100 valence electrons. The van der Waals surface area contributed by atoms with Crippen molar-refractivity contribution in [2.24, 2.45) is 0 Å². The van der Waals surface area contributed by atoms with Crippen LogP contribution < -0.4 is 5.32 Å². The Kier molecular flexibility index (Phi) is 3.67. The lowest BCUT2D eigenvalue weighted by molar-refractivity contribution is 0.102. The van der Waals surface area contributed by atoms with Crippen molar-refractivity contribution < 1.29 is 14.3 Å². The van der Waals surface area contributed by atoms with E-state index in [1.165, 1.54) is 24.3 Å². The number of nitrogens with one attached hydrogen (secondary N) is 1. The molecule has 4 nitrogen and oxygen atoms in total. The van der Waals surface area contributed by atoms with Crippen molar-refractivity contribution in [2.45, 2.75) is 6.92 Å². The minimum absolute atomic E-state index is 0.00241. The second-order valence-corrected chi connectivity index (χ2v) is 4.23. The van der Waals surface area contributed by atoms with Crippen LogP contribution in [0.25, 0.3) is 0 Å². The largest absolute Gasteiger partial charge is 0.508 e. The zero-order valence-electron chi connectivity index (χ0n) is 10.6. The molecule has 0 bridgehead atoms. The van der Waals surface area contributed by atoms with E-state index in [9.17, 15) is 14.3 Å². The van der Waals surface area contributed by atoms with Gasteiger partial charge in [-0.05, 0) is 36.8 Å². The van der Waals surface area contributed by atoms with Crippen molar-refractivity contribution in [1.82, 2.24) is 0 Å². The first-order valence-corrected chi connectivity index (χ1v) is 5.82. The Hall–Kier alpha value is -2.87. The molecule has 0 spiro atoms. The number of aryl methyl sites for hydroxylation is 1. The van der Waals surface area contributed by atoms with E-state index in [2.05, 4.69) is 5.32 Å². The summed E-state index contributed by atoms with van der Waals surface area (Å²) in [5, 5.41) is 20.9. The Bertz CT molecular complexity index is 720. The van der Waals surface area contributed by atoms with Gasteiger partial charge in [0.05, 0.1) is 5.69 Å². The number of halogens is 1. The van der Waals surface area contributed by atoms with E-state index in [0.29, 0.717) is 5.56 Å². The Balaban J connectivity index is 2.31. The monoisotopic (exact) mass is 270 g/mol. The number of hydrogen-bond acceptors (Lipinski definition) is 3. The van der Waals surface area contributed by atoms with Gasteiger partial charge in [-0.25, -0.2) is 4.39 Å². The molecular weight excluding hydrogens is 259 g/mol. The van der Waals surface area contributed by atoms with E-state index >= 15 is 0 Å². The van der Waals surface area contributed by atoms with Gasteiger partial charge in [-0.2, -0.15) is 5.26 Å². The van der Waals surface area contributed by atoms with Crippen LogP contribution in [0.15, 0.2) is 36.4 Å². The highest BCUT2D eigenvalue weighted by Gasteiger charge is 2.13. The summed E-state index contributed by atoms with van der Waals surface area (Å²) in [6.45, 7) is 1.71. The van der Waals surface area contributed by atoms with Crippen molar-refractivity contribution in [1.29, 1.82) is 5.26 Å². The maximum atomic E-state index is 13.4. The van der Waals surface area contributed by atoms with Gasteiger partial charge in [0.25, 0.3) is 5.91 Å². The van der Waals surface area contributed by atoms with E-state index in [4.69, 9.17) is 5.26 Å². The molecule has 0 radical (unpaired) electrons. The van der Waals surface area contributed by atoms with Gasteiger partial charge < -0.3 is 10.4 Å². The number of anilines is 1. The highest BCUT2D eigenvalue weighted by Crippen LogP contribution is 2.21. The smallest absolute Gasteiger partial charge is 0.255 e. The van der Waals surface area contributed by atoms with Gasteiger partial charge in [0.1, 0.15) is 23.2 Å². The number of amides is 1. The van der Waals surface area contributed by atoms with Crippen LogP contribution in [0.3, 0.4) is 0 Å². The zero-order valence-corrected chi connectivity index (χ0v) is 10.6. The molecule has 0 aromatic heterocycles. The Morgan fingerprint density at radius 1 is 1.35 bits per heavy atom. The molecule has 20 heavy (non-hydrogen) atoms. The molecule has 0 saturated carbocycles. The van der Waals surface area contributed by atoms with E-state index in [1.54, 1.807) is 19.1 Å². The fraction of sp³-hybridized carbons (Fsp3) is 0.0667. The van der Waals surface area contributed by atoms with Crippen molar-refractivity contribution in [3.8, 4) is 11.8 Å². The molecule has 0 fully saturated rings. The SMILES string of the molecule is Cc1ccc(C(=O)Nc2cccc(F)c2C#N)cc1O. The number of nitrogens with zero attached hydrogens (tertiary/aromatic N) is 1. The maximum absolute atomic E-state index is 13.4. The van der Waals surface area contributed by atoms with Crippen LogP contribution in [0.4, 0.5) is 10.1 Å². The number of carbonyl (C=O) groups excluding carboxylic acids is 1. The number of rotatable bonds is 2. The maximum Gasteiger partial charge on any atom is 0.255 e. The third-order valence-electron chi connectivity index (χ3n) is 2.84. The van der Waals surface area contributed by atoms with Gasteiger partial charge >= 0.3 is 0 Å². The number of carbonyl (C=O) groups is 1. The number of nitriles is 1. The Morgan fingerprint density at radius 2 is 2.10 bits per heavy atom. The molecule has 2 aromatic carbocycles. The fourth-order valence-electron chi connectivity index (χ4n) is 1.69. The van der Waals surface area contributed by atoms with Crippen LogP contribution in [0.5, 0.6) is 5.75 Å². The van der Waals surface area contributed by atoms with E-state index in [-0.39, 0.29) is 22.6 Å². The first-order valence-electron chi connectivity index (χ1n) is 5.82. The molecule has 0 unspecified atom stereocenters. The van der Waals surface area contributed by atoms with Gasteiger partial charge in [-0.1, -0.05) is 12.1 Å². The van der Waals surface area contributed by atoms with Crippen LogP contribution in [-0.2, 0) is 0 Å². The van der Waals surface area contributed by atoms with Gasteiger partial charge in [0, 0.05) is 5.56 Å². The lowest BCUT2D eigenvalue weighted by Crippen LogP contribution is -2.13. The summed E-state index contributed by atoms with van der Waals surface area (Å²) in [4.78, 5) is 12.0. The number of hydrogen-bond donors (Lipinski definition) is 2. The predicted octanol–water partition coefficient (Wildman–Crippen LogP) is 2.96. The van der Waals surface area contributed by atoms with Crippen molar-refractivity contribution in [3.05, 3.63) is 58.9 Å². The number of benzene rings is 2. The predicted molar refractivity (Wildman–Crippen MR) is 71.9 cm³/mol. The van der Waals surface area contributed by atoms with Crippen molar-refractivity contribution in [2.75, 3.05) is 5.32 Å². The van der Waals surface area contributed by atoms with Gasteiger partial charge in [0.15, 0.2) is 0 Å². The molecule has 0 saturated heterocycles. The molecule has 0 heterocycles. The van der Waals surface area contributed by atoms with Crippen LogP contribution in [0, 0.1) is 24.1 Å². The minimum Gasteiger partial charge on any atom is -0.508 e. The highest BCUT2D eigenvalue weighted by molar-refractivity contribution is 6.05. The van der Waals surface area contributed by atoms with Crippen LogP contribution in [-0.4, -0.2) is 11.0 Å². The lowest BCUT2D eigenvalue weighted by atomic mass is 10.1. The first-order chi connectivity index (χ1) is 9.52. The lowest BCUT2D eigenvalue weighted by Gasteiger charge is -2.08. The van der Waals surface area contributed by atoms with E-state index < -0.39 is 11.7 Å². The van der Waals surface area contributed by atoms with Gasteiger partial charge in [0.2, 0.25) is 0 Å². The second-order valence-electron chi connectivity index (χ2n) is 4.23. The van der Waals surface area contributed by atoms with E-state index in [1.807, 2.05) is 0 Å². The third-order valence-corrected chi connectivity index (χ3v) is 2.84. The number of phenols is 1. The molecule has 1 amide bonds. The molecule has 0 atom stereocenters. The van der Waals surface area contributed by atoms with Crippen LogP contribution in [0.1, 0.15) is 21.5 Å². The third kappa shape index (κ3) is 2.59. The molecular formula is C15H11FN2O2. The quantitative estimate of drug-likeness (QED) is 0.881. The summed E-state index contributed by atoms with van der Waals surface area (Å²) < 4.78 is 13.4. The Labute approximate surface area is 115 Å². The zero-order chi connectivity index (χ0) is 14.7. The average Bonchev–Trinajstić information content (AvgIpc) is 2.42. The van der Waals surface area contributed by atoms with Crippen molar-refractivity contribution >= 4 is 11.6 Å². The summed E-state index contributed by atoms with van der Waals surface area (Å²) >= 11 is 0. The molecule has 2 N–H and O–H groups in total. The summed E-state index contributed by atoms with van der Waals surface area (Å²) in [5.41, 5.74) is 0.737. The molecule has 0 aliphatic rings. The molecule has 2 rings (SSSR count). The first kappa shape index (κ1) is 13.6. The molecule has 0 aliphatic carbocycles. The highest BCUT2D eigenvalue weighted by atomic mass is 19.1. The fourth-order valence-corrected chi connectivity index (χ4v) is 1.69. The van der Waals surface area contributed by atoms with Crippen molar-refractivity contribution in [3.63, 3.8) is 0 Å². The van der Waals surface area contributed by atoms with Gasteiger partial charge in [-0.15, -0.1) is 0 Å². The van der Waals surface area contributed by atoms with Crippen LogP contribution in [0.2, 0.25) is 0 Å².